The van der Waals surface area contributed by atoms with Crippen LogP contribution in [0.3, 0.4) is 0 Å². The highest BCUT2D eigenvalue weighted by atomic mass is 31.2. The maximum Gasteiger partial charge on any atom is 0.466 e. The number of rotatable bonds is 1. The minimum absolute atomic E-state index is 0.165. The minimum Gasteiger partial charge on any atom is -0.303 e. The summed E-state index contributed by atoms with van der Waals surface area (Å²) in [6.07, 6.45) is 0. The summed E-state index contributed by atoms with van der Waals surface area (Å²) in [4.78, 5) is 74.9. The number of nitro groups is 1. The highest BCUT2D eigenvalue weighted by molar-refractivity contribution is 7.45. The summed E-state index contributed by atoms with van der Waals surface area (Å²) < 4.78 is 26.6. The molecule has 0 aliphatic heterocycles. The molecule has 2 rings (SSSR count). The first kappa shape index (κ1) is 28.6. The molecule has 160 valence electrons. The van der Waals surface area contributed by atoms with Gasteiger partial charge in [-0.3, -0.25) is 10.1 Å². The van der Waals surface area contributed by atoms with Gasteiger partial charge >= 0.3 is 23.5 Å². The van der Waals surface area contributed by atoms with Crippen LogP contribution in [0.5, 0.6) is 0 Å². The first-order valence-electron chi connectivity index (χ1n) is 6.26. The molecule has 0 bridgehead atoms. The Kier molecular flexibility index (Phi) is 12.4. The van der Waals surface area contributed by atoms with Gasteiger partial charge in [0, 0.05) is 6.07 Å². The summed E-state index contributed by atoms with van der Waals surface area (Å²) >= 11 is 0. The second-order valence-corrected chi connectivity index (χ2v) is 7.37. The average molecular weight is 467 g/mol. The molecule has 28 heavy (non-hydrogen) atoms. The second kappa shape index (κ2) is 12.1. The van der Waals surface area contributed by atoms with Gasteiger partial charge in [0.05, 0.1) is 10.3 Å². The first-order valence-corrected chi connectivity index (χ1v) is 11.0. The van der Waals surface area contributed by atoms with Gasteiger partial charge in [-0.05, 0) is 11.5 Å². The van der Waals surface area contributed by atoms with E-state index < -0.39 is 23.5 Å². The van der Waals surface area contributed by atoms with Crippen LogP contribution in [0.25, 0.3) is 10.8 Å². The zero-order valence-corrected chi connectivity index (χ0v) is 16.1. The third-order valence-electron chi connectivity index (χ3n) is 1.96. The Morgan fingerprint density at radius 3 is 1.32 bits per heavy atom. The van der Waals surface area contributed by atoms with Gasteiger partial charge in [-0.1, -0.05) is 30.3 Å². The van der Waals surface area contributed by atoms with E-state index in [1.807, 2.05) is 18.2 Å². The summed E-state index contributed by atoms with van der Waals surface area (Å²) in [6.45, 7) is 0. The van der Waals surface area contributed by atoms with Crippen molar-refractivity contribution in [2.75, 3.05) is 0 Å². The lowest BCUT2D eigenvalue weighted by Gasteiger charge is -1.97. The first-order chi connectivity index (χ1) is 12.3. The number of hydrogen-bond acceptors (Lipinski definition) is 5. The van der Waals surface area contributed by atoms with Gasteiger partial charge in [-0.2, -0.15) is 0 Å². The summed E-state index contributed by atoms with van der Waals surface area (Å²) in [5.41, 5.74) is 0.165. The van der Waals surface area contributed by atoms with Gasteiger partial charge in [0.15, 0.2) is 0 Å². The van der Waals surface area contributed by atoms with Crippen LogP contribution in [0.1, 0.15) is 0 Å². The Labute approximate surface area is 156 Å². The van der Waals surface area contributed by atoms with Crippen molar-refractivity contribution in [3.05, 3.63) is 52.6 Å². The van der Waals surface area contributed by atoms with Crippen LogP contribution < -0.4 is 0 Å². The Hall–Kier alpha value is -1.57. The maximum absolute atomic E-state index is 10.6. The fourth-order valence-electron chi connectivity index (χ4n) is 1.37. The van der Waals surface area contributed by atoms with E-state index >= 15 is 0 Å². The monoisotopic (exact) mass is 467 g/mol. The normalized spacial score (nSPS) is 11.0. The molecule has 0 fully saturated rings. The van der Waals surface area contributed by atoms with Crippen molar-refractivity contribution in [1.29, 1.82) is 0 Å². The molecule has 0 aromatic heterocycles. The topological polar surface area (TPSA) is 276 Å². The summed E-state index contributed by atoms with van der Waals surface area (Å²) in [5, 5.41) is 12.2. The lowest BCUT2D eigenvalue weighted by Crippen LogP contribution is -1.88. The minimum atomic E-state index is -4.64. The standard InChI is InChI=1S/C10H7NO2.3H3O4P/c12-11(13)10-7-3-5-8-4-1-2-6-9(8)10;3*1-5(2,3)4/h1-7H;3*(H3,1,2,3,4). The molecule has 0 amide bonds. The third kappa shape index (κ3) is 24.4. The van der Waals surface area contributed by atoms with Crippen molar-refractivity contribution >= 4 is 39.9 Å². The Balaban J connectivity index is 0. The van der Waals surface area contributed by atoms with E-state index in [4.69, 9.17) is 57.7 Å². The van der Waals surface area contributed by atoms with Crippen molar-refractivity contribution in [2.45, 2.75) is 0 Å². The van der Waals surface area contributed by atoms with E-state index in [1.165, 1.54) is 6.07 Å². The quantitative estimate of drug-likeness (QED) is 0.151. The number of nitro benzene ring substituents is 1. The molecule has 0 atom stereocenters. The zero-order valence-electron chi connectivity index (χ0n) is 13.4. The average Bonchev–Trinajstić information content (AvgIpc) is 2.41. The van der Waals surface area contributed by atoms with Crippen molar-refractivity contribution in [2.24, 2.45) is 0 Å². The number of nitrogens with zero attached hydrogens (tertiary/aromatic N) is 1. The van der Waals surface area contributed by atoms with Crippen molar-refractivity contribution < 1.29 is 62.7 Å². The van der Waals surface area contributed by atoms with Crippen LogP contribution in [0.2, 0.25) is 0 Å². The van der Waals surface area contributed by atoms with E-state index in [0.29, 0.717) is 5.39 Å². The highest BCUT2D eigenvalue weighted by Gasteiger charge is 2.09. The molecule has 2 aromatic rings. The van der Waals surface area contributed by atoms with Gasteiger partial charge in [0.25, 0.3) is 5.69 Å². The van der Waals surface area contributed by atoms with E-state index in [2.05, 4.69) is 0 Å². The molecule has 9 N–H and O–H groups in total. The molecule has 0 radical (unpaired) electrons. The van der Waals surface area contributed by atoms with Crippen LogP contribution in [0, 0.1) is 10.1 Å². The van der Waals surface area contributed by atoms with Crippen LogP contribution in [-0.4, -0.2) is 49.0 Å². The van der Waals surface area contributed by atoms with Crippen LogP contribution >= 0.6 is 23.5 Å². The number of phosphoric acid groups is 3. The molecule has 0 saturated carbocycles. The molecule has 18 heteroatoms. The van der Waals surface area contributed by atoms with E-state index in [1.54, 1.807) is 18.2 Å². The molecule has 0 heterocycles. The van der Waals surface area contributed by atoms with Gasteiger partial charge in [-0.15, -0.1) is 0 Å². The van der Waals surface area contributed by atoms with Gasteiger partial charge in [0.1, 0.15) is 0 Å². The van der Waals surface area contributed by atoms with Crippen LogP contribution in [0.4, 0.5) is 5.69 Å². The Morgan fingerprint density at radius 2 is 0.964 bits per heavy atom. The predicted molar refractivity (Wildman–Crippen MR) is 93.4 cm³/mol. The maximum atomic E-state index is 10.6. The lowest BCUT2D eigenvalue weighted by atomic mass is 10.1. The van der Waals surface area contributed by atoms with E-state index in [0.717, 1.165) is 5.39 Å². The van der Waals surface area contributed by atoms with Gasteiger partial charge in [0.2, 0.25) is 0 Å². The molecule has 15 nitrogen and oxygen atoms in total. The highest BCUT2D eigenvalue weighted by Crippen LogP contribution is 2.27. The molecule has 0 unspecified atom stereocenters. The Bertz CT molecular complexity index is 822. The van der Waals surface area contributed by atoms with E-state index in [9.17, 15) is 10.1 Å². The zero-order chi connectivity index (χ0) is 22.8. The molecule has 0 spiro atoms. The fraction of sp³-hybridized carbons (Fsp3) is 0. The van der Waals surface area contributed by atoms with Gasteiger partial charge < -0.3 is 44.0 Å². The summed E-state index contributed by atoms with van der Waals surface area (Å²) in [6, 6.07) is 12.4. The molecule has 0 aliphatic rings. The molecule has 0 aliphatic carbocycles. The second-order valence-electron chi connectivity index (χ2n) is 4.30. The number of non-ortho nitro benzene ring substituents is 1. The van der Waals surface area contributed by atoms with Crippen LogP contribution in [0.15, 0.2) is 42.5 Å². The fourth-order valence-corrected chi connectivity index (χ4v) is 1.37. The number of fused-ring (bicyclic) bond motifs is 1. The summed E-state index contributed by atoms with van der Waals surface area (Å²) in [5.74, 6) is 0. The largest absolute Gasteiger partial charge is 0.466 e. The summed E-state index contributed by atoms with van der Waals surface area (Å²) in [7, 11) is -13.9. The number of benzene rings is 2. The lowest BCUT2D eigenvalue weighted by molar-refractivity contribution is -0.383. The SMILES string of the molecule is O=P(O)(O)O.O=P(O)(O)O.O=P(O)(O)O.O=[N+]([O-])c1cccc2ccccc12. The molecule has 0 saturated heterocycles. The number of hydrogen-bond donors (Lipinski definition) is 9. The smallest absolute Gasteiger partial charge is 0.303 e. The van der Waals surface area contributed by atoms with Crippen molar-refractivity contribution in [3.63, 3.8) is 0 Å². The molecular weight excluding hydrogens is 451 g/mol. The predicted octanol–water partition coefficient (Wildman–Crippen LogP) is -0.0378. The Morgan fingerprint density at radius 1 is 0.643 bits per heavy atom. The van der Waals surface area contributed by atoms with Gasteiger partial charge in [-0.25, -0.2) is 13.7 Å². The van der Waals surface area contributed by atoms with E-state index in [-0.39, 0.29) is 10.6 Å². The molecular formula is C10H16NO14P3. The van der Waals surface area contributed by atoms with Crippen LogP contribution in [-0.2, 0) is 13.7 Å². The molecule has 2 aromatic carbocycles. The third-order valence-corrected chi connectivity index (χ3v) is 1.96. The van der Waals surface area contributed by atoms with Crippen molar-refractivity contribution in [1.82, 2.24) is 0 Å². The van der Waals surface area contributed by atoms with Crippen molar-refractivity contribution in [3.8, 4) is 0 Å².